The van der Waals surface area contributed by atoms with E-state index in [9.17, 15) is 4.79 Å². The third-order valence-corrected chi connectivity index (χ3v) is 4.44. The number of hydrogen-bond acceptors (Lipinski definition) is 3. The van der Waals surface area contributed by atoms with Crippen LogP contribution in [0, 0.1) is 0 Å². The van der Waals surface area contributed by atoms with Gasteiger partial charge in [-0.2, -0.15) is 0 Å². The zero-order valence-electron chi connectivity index (χ0n) is 10.4. The van der Waals surface area contributed by atoms with Crippen molar-refractivity contribution >= 4 is 38.2 Å². The fourth-order valence-electron chi connectivity index (χ4n) is 2.00. The molecule has 0 fully saturated rings. The molecule has 2 heterocycles. The standard InChI is InChI=1S/C14H11BrN2O2S/c15-10-3-1-9(2-4-10)12-7-17-11(5-6-13(18)19)8-20-14(17)16-12/h1-4,7-8H,5-6H2,(H,18,19). The highest BCUT2D eigenvalue weighted by molar-refractivity contribution is 9.10. The summed E-state index contributed by atoms with van der Waals surface area (Å²) in [5.41, 5.74) is 2.94. The van der Waals surface area contributed by atoms with Crippen LogP contribution in [-0.2, 0) is 11.2 Å². The number of aryl methyl sites for hydroxylation is 1. The molecule has 4 nitrogen and oxygen atoms in total. The Morgan fingerprint density at radius 1 is 1.35 bits per heavy atom. The van der Waals surface area contributed by atoms with Gasteiger partial charge in [0.2, 0.25) is 0 Å². The van der Waals surface area contributed by atoms with Crippen molar-refractivity contribution in [3.63, 3.8) is 0 Å². The van der Waals surface area contributed by atoms with E-state index < -0.39 is 5.97 Å². The number of aliphatic carboxylic acids is 1. The number of fused-ring (bicyclic) bond motifs is 1. The normalized spacial score (nSPS) is 11.1. The van der Waals surface area contributed by atoms with Crippen molar-refractivity contribution in [2.45, 2.75) is 12.8 Å². The van der Waals surface area contributed by atoms with Crippen LogP contribution in [0.3, 0.4) is 0 Å². The first-order chi connectivity index (χ1) is 9.63. The van der Waals surface area contributed by atoms with Gasteiger partial charge in [-0.25, -0.2) is 4.98 Å². The van der Waals surface area contributed by atoms with Gasteiger partial charge in [-0.1, -0.05) is 28.1 Å². The van der Waals surface area contributed by atoms with Gasteiger partial charge in [0.1, 0.15) is 0 Å². The van der Waals surface area contributed by atoms with E-state index in [-0.39, 0.29) is 6.42 Å². The van der Waals surface area contributed by atoms with Crippen LogP contribution >= 0.6 is 27.3 Å². The number of imidazole rings is 1. The number of nitrogens with zero attached hydrogens (tertiary/aromatic N) is 2. The lowest BCUT2D eigenvalue weighted by atomic mass is 10.2. The second-order valence-corrected chi connectivity index (χ2v) is 6.16. The minimum atomic E-state index is -0.780. The largest absolute Gasteiger partial charge is 0.481 e. The van der Waals surface area contributed by atoms with Gasteiger partial charge >= 0.3 is 5.97 Å². The van der Waals surface area contributed by atoms with Crippen molar-refractivity contribution in [2.24, 2.45) is 0 Å². The van der Waals surface area contributed by atoms with Gasteiger partial charge in [0, 0.05) is 27.3 Å². The molecule has 0 spiro atoms. The Hall–Kier alpha value is -1.66. The Kier molecular flexibility index (Phi) is 3.58. The van der Waals surface area contributed by atoms with E-state index in [1.807, 2.05) is 40.2 Å². The van der Waals surface area contributed by atoms with Gasteiger partial charge in [-0.05, 0) is 18.6 Å². The fraction of sp³-hybridized carbons (Fsp3) is 0.143. The molecule has 0 saturated carbocycles. The van der Waals surface area contributed by atoms with Gasteiger partial charge in [-0.3, -0.25) is 9.20 Å². The minimum absolute atomic E-state index is 0.137. The van der Waals surface area contributed by atoms with Gasteiger partial charge in [0.15, 0.2) is 4.96 Å². The van der Waals surface area contributed by atoms with Crippen molar-refractivity contribution in [3.05, 3.63) is 46.0 Å². The molecule has 3 rings (SSSR count). The Labute approximate surface area is 127 Å². The third-order valence-electron chi connectivity index (χ3n) is 3.02. The fourth-order valence-corrected chi connectivity index (χ4v) is 3.18. The molecule has 0 amide bonds. The van der Waals surface area contributed by atoms with Gasteiger partial charge in [0.25, 0.3) is 0 Å². The summed E-state index contributed by atoms with van der Waals surface area (Å²) in [6.07, 6.45) is 2.62. The summed E-state index contributed by atoms with van der Waals surface area (Å²) in [6.45, 7) is 0. The van der Waals surface area contributed by atoms with Crippen LogP contribution in [-0.4, -0.2) is 20.5 Å². The zero-order valence-corrected chi connectivity index (χ0v) is 12.8. The number of carbonyl (C=O) groups is 1. The Morgan fingerprint density at radius 3 is 2.80 bits per heavy atom. The van der Waals surface area contributed by atoms with Gasteiger partial charge < -0.3 is 5.11 Å². The zero-order chi connectivity index (χ0) is 14.1. The minimum Gasteiger partial charge on any atom is -0.481 e. The highest BCUT2D eigenvalue weighted by Gasteiger charge is 2.10. The van der Waals surface area contributed by atoms with Crippen molar-refractivity contribution in [2.75, 3.05) is 0 Å². The molecular formula is C14H11BrN2O2S. The molecule has 1 aromatic carbocycles. The number of carboxylic acids is 1. The number of benzene rings is 1. The van der Waals surface area contributed by atoms with E-state index in [0.717, 1.165) is 26.4 Å². The molecule has 0 aliphatic carbocycles. The van der Waals surface area contributed by atoms with Gasteiger partial charge in [-0.15, -0.1) is 11.3 Å². The first-order valence-electron chi connectivity index (χ1n) is 6.06. The molecule has 0 saturated heterocycles. The number of halogens is 1. The number of aromatic nitrogens is 2. The van der Waals surface area contributed by atoms with Crippen LogP contribution in [0.5, 0.6) is 0 Å². The van der Waals surface area contributed by atoms with E-state index >= 15 is 0 Å². The summed E-state index contributed by atoms with van der Waals surface area (Å²) in [7, 11) is 0. The van der Waals surface area contributed by atoms with Crippen molar-refractivity contribution in [1.82, 2.24) is 9.38 Å². The lowest BCUT2D eigenvalue weighted by Gasteiger charge is -1.97. The van der Waals surface area contributed by atoms with Gasteiger partial charge in [0.05, 0.1) is 12.1 Å². The molecule has 20 heavy (non-hydrogen) atoms. The molecule has 2 aromatic heterocycles. The van der Waals surface area contributed by atoms with Crippen LogP contribution < -0.4 is 0 Å². The Morgan fingerprint density at radius 2 is 2.10 bits per heavy atom. The number of hydrogen-bond donors (Lipinski definition) is 1. The summed E-state index contributed by atoms with van der Waals surface area (Å²) in [6, 6.07) is 7.98. The SMILES string of the molecule is O=C(O)CCc1csc2nc(-c3ccc(Br)cc3)cn12. The van der Waals surface area contributed by atoms with Crippen LogP contribution in [0.15, 0.2) is 40.3 Å². The monoisotopic (exact) mass is 350 g/mol. The van der Waals surface area contributed by atoms with Crippen molar-refractivity contribution in [1.29, 1.82) is 0 Å². The van der Waals surface area contributed by atoms with Crippen molar-refractivity contribution in [3.8, 4) is 11.3 Å². The van der Waals surface area contributed by atoms with E-state index in [2.05, 4.69) is 20.9 Å². The number of carboxylic acid groups (broad SMARTS) is 1. The maximum Gasteiger partial charge on any atom is 0.303 e. The Bertz CT molecular complexity index is 761. The molecule has 102 valence electrons. The van der Waals surface area contributed by atoms with Crippen LogP contribution in [0.1, 0.15) is 12.1 Å². The molecule has 6 heteroatoms. The molecule has 0 aliphatic heterocycles. The predicted octanol–water partition coefficient (Wildman–Crippen LogP) is 3.84. The summed E-state index contributed by atoms with van der Waals surface area (Å²) in [4.78, 5) is 16.1. The lowest BCUT2D eigenvalue weighted by Crippen LogP contribution is -1.99. The molecule has 0 aliphatic rings. The molecule has 3 aromatic rings. The molecule has 0 bridgehead atoms. The highest BCUT2D eigenvalue weighted by Crippen LogP contribution is 2.25. The second kappa shape index (κ2) is 5.38. The van der Waals surface area contributed by atoms with E-state index in [1.54, 1.807) is 0 Å². The Balaban J connectivity index is 1.94. The first kappa shape index (κ1) is 13.3. The molecule has 0 unspecified atom stereocenters. The molecule has 1 N–H and O–H groups in total. The third kappa shape index (κ3) is 2.62. The quantitative estimate of drug-likeness (QED) is 0.777. The summed E-state index contributed by atoms with van der Waals surface area (Å²) >= 11 is 4.95. The van der Waals surface area contributed by atoms with Crippen LogP contribution in [0.2, 0.25) is 0 Å². The first-order valence-corrected chi connectivity index (χ1v) is 7.74. The highest BCUT2D eigenvalue weighted by atomic mass is 79.9. The van der Waals surface area contributed by atoms with Crippen LogP contribution in [0.25, 0.3) is 16.2 Å². The molecule has 0 atom stereocenters. The number of thiazole rings is 1. The number of rotatable bonds is 4. The predicted molar refractivity (Wildman–Crippen MR) is 82.2 cm³/mol. The average Bonchev–Trinajstić information content (AvgIpc) is 2.97. The summed E-state index contributed by atoms with van der Waals surface area (Å²) in [5, 5.41) is 10.7. The molecular weight excluding hydrogens is 340 g/mol. The lowest BCUT2D eigenvalue weighted by molar-refractivity contribution is -0.136. The average molecular weight is 351 g/mol. The summed E-state index contributed by atoms with van der Waals surface area (Å²) in [5.74, 6) is -0.780. The van der Waals surface area contributed by atoms with E-state index in [0.29, 0.717) is 6.42 Å². The maximum atomic E-state index is 10.7. The smallest absolute Gasteiger partial charge is 0.303 e. The second-order valence-electron chi connectivity index (χ2n) is 4.41. The van der Waals surface area contributed by atoms with Crippen molar-refractivity contribution < 1.29 is 9.90 Å². The van der Waals surface area contributed by atoms with E-state index in [1.165, 1.54) is 11.3 Å². The topological polar surface area (TPSA) is 54.6 Å². The summed E-state index contributed by atoms with van der Waals surface area (Å²) < 4.78 is 3.01. The maximum absolute atomic E-state index is 10.7. The van der Waals surface area contributed by atoms with Crippen LogP contribution in [0.4, 0.5) is 0 Å². The molecule has 0 radical (unpaired) electrons. The van der Waals surface area contributed by atoms with E-state index in [4.69, 9.17) is 5.11 Å².